The van der Waals surface area contributed by atoms with Crippen molar-refractivity contribution in [2.24, 2.45) is 0 Å². The second-order valence-corrected chi connectivity index (χ2v) is 9.10. The number of piperidine rings is 1. The summed E-state index contributed by atoms with van der Waals surface area (Å²) in [7, 11) is -3.38. The fraction of sp³-hybridized carbons (Fsp3) is 0.381. The van der Waals surface area contributed by atoms with Gasteiger partial charge in [-0.1, -0.05) is 30.3 Å². The van der Waals surface area contributed by atoms with Gasteiger partial charge in [-0.05, 0) is 62.9 Å². The highest BCUT2D eigenvalue weighted by atomic mass is 32.2. The van der Waals surface area contributed by atoms with Crippen molar-refractivity contribution in [3.8, 4) is 0 Å². The number of nitrogens with zero attached hydrogens (tertiary/aromatic N) is 1. The van der Waals surface area contributed by atoms with Crippen LogP contribution < -0.4 is 0 Å². The van der Waals surface area contributed by atoms with Crippen molar-refractivity contribution in [2.45, 2.75) is 55.8 Å². The lowest BCUT2D eigenvalue weighted by molar-refractivity contribution is 0.0511. The van der Waals surface area contributed by atoms with Crippen LogP contribution in [0.15, 0.2) is 59.5 Å². The molecule has 0 bridgehead atoms. The van der Waals surface area contributed by atoms with Crippen LogP contribution in [0.2, 0.25) is 0 Å². The molecule has 1 heterocycles. The third kappa shape index (κ3) is 3.98. The summed E-state index contributed by atoms with van der Waals surface area (Å²) < 4.78 is 25.0. The Morgan fingerprint density at radius 2 is 1.54 bits per heavy atom. The van der Waals surface area contributed by atoms with Crippen LogP contribution in [0.5, 0.6) is 0 Å². The summed E-state index contributed by atoms with van der Waals surface area (Å²) in [6.45, 7) is 4.18. The summed E-state index contributed by atoms with van der Waals surface area (Å²) >= 11 is 0. The quantitative estimate of drug-likeness (QED) is 0.814. The number of hydrogen-bond donors (Lipinski definition) is 0. The zero-order valence-electron chi connectivity index (χ0n) is 15.3. The summed E-state index contributed by atoms with van der Waals surface area (Å²) in [5.74, 6) is -0.0377. The molecule has 2 aromatic rings. The van der Waals surface area contributed by atoms with E-state index in [0.29, 0.717) is 16.0 Å². The molecule has 0 spiro atoms. The predicted molar refractivity (Wildman–Crippen MR) is 103 cm³/mol. The van der Waals surface area contributed by atoms with E-state index in [9.17, 15) is 13.2 Å². The smallest absolute Gasteiger partial charge is 0.254 e. The molecule has 0 aromatic heterocycles. The van der Waals surface area contributed by atoms with Crippen LogP contribution in [0.1, 0.15) is 49.0 Å². The number of amides is 1. The highest BCUT2D eigenvalue weighted by Gasteiger charge is 2.29. The molecule has 1 fully saturated rings. The van der Waals surface area contributed by atoms with E-state index in [2.05, 4.69) is 13.8 Å². The molecule has 0 radical (unpaired) electrons. The van der Waals surface area contributed by atoms with Gasteiger partial charge in [-0.3, -0.25) is 4.79 Å². The van der Waals surface area contributed by atoms with E-state index in [1.807, 2.05) is 4.90 Å². The summed E-state index contributed by atoms with van der Waals surface area (Å²) in [5, 5.41) is 0. The van der Waals surface area contributed by atoms with Gasteiger partial charge in [0.1, 0.15) is 0 Å². The number of carbonyl (C=O) groups excluding carboxylic acids is 1. The van der Waals surface area contributed by atoms with Crippen molar-refractivity contribution >= 4 is 15.7 Å². The van der Waals surface area contributed by atoms with Crippen LogP contribution in [0.4, 0.5) is 0 Å². The van der Waals surface area contributed by atoms with Crippen LogP contribution in [0, 0.1) is 0 Å². The third-order valence-corrected chi connectivity index (χ3v) is 6.79. The van der Waals surface area contributed by atoms with Crippen molar-refractivity contribution in [1.29, 1.82) is 0 Å². The summed E-state index contributed by atoms with van der Waals surface area (Å²) in [4.78, 5) is 15.1. The molecule has 138 valence electrons. The van der Waals surface area contributed by atoms with Crippen molar-refractivity contribution in [2.75, 3.05) is 0 Å². The van der Waals surface area contributed by atoms with Crippen LogP contribution in [-0.2, 0) is 15.6 Å². The van der Waals surface area contributed by atoms with Gasteiger partial charge < -0.3 is 4.90 Å². The molecule has 2 atom stereocenters. The van der Waals surface area contributed by atoms with Crippen LogP contribution >= 0.6 is 0 Å². The monoisotopic (exact) mass is 371 g/mol. The minimum atomic E-state index is -3.38. The molecule has 5 heteroatoms. The fourth-order valence-electron chi connectivity index (χ4n) is 3.64. The zero-order valence-corrected chi connectivity index (χ0v) is 16.1. The maximum Gasteiger partial charge on any atom is 0.254 e. The van der Waals surface area contributed by atoms with Gasteiger partial charge >= 0.3 is 0 Å². The van der Waals surface area contributed by atoms with E-state index in [4.69, 9.17) is 0 Å². The first-order chi connectivity index (χ1) is 12.4. The molecule has 1 amide bonds. The lowest BCUT2D eigenvalue weighted by atomic mass is 9.96. The predicted octanol–water partition coefficient (Wildman–Crippen LogP) is 4.06. The second-order valence-electron chi connectivity index (χ2n) is 7.11. The molecule has 0 unspecified atom stereocenters. The van der Waals surface area contributed by atoms with Crippen molar-refractivity contribution < 1.29 is 13.2 Å². The molecule has 26 heavy (non-hydrogen) atoms. The minimum Gasteiger partial charge on any atom is -0.333 e. The Kier molecular flexibility index (Phi) is 5.47. The van der Waals surface area contributed by atoms with E-state index in [-0.39, 0.29) is 23.7 Å². The molecule has 2 aromatic carbocycles. The number of rotatable bonds is 4. The van der Waals surface area contributed by atoms with Gasteiger partial charge in [0, 0.05) is 17.6 Å². The normalized spacial score (nSPS) is 20.8. The maximum absolute atomic E-state index is 12.8. The lowest BCUT2D eigenvalue weighted by Crippen LogP contribution is -2.47. The van der Waals surface area contributed by atoms with E-state index in [0.717, 1.165) is 19.3 Å². The Morgan fingerprint density at radius 3 is 2.12 bits per heavy atom. The average molecular weight is 372 g/mol. The van der Waals surface area contributed by atoms with Crippen LogP contribution in [0.3, 0.4) is 0 Å². The molecule has 0 saturated carbocycles. The number of benzene rings is 2. The Labute approximate surface area is 155 Å². The lowest BCUT2D eigenvalue weighted by Gasteiger charge is -2.39. The Bertz CT molecular complexity index is 850. The summed E-state index contributed by atoms with van der Waals surface area (Å²) in [6, 6.07) is 15.9. The highest BCUT2D eigenvalue weighted by molar-refractivity contribution is 7.90. The summed E-state index contributed by atoms with van der Waals surface area (Å²) in [6.07, 6.45) is 3.22. The van der Waals surface area contributed by atoms with E-state index < -0.39 is 9.84 Å². The topological polar surface area (TPSA) is 54.5 Å². The van der Waals surface area contributed by atoms with Gasteiger partial charge in [0.25, 0.3) is 5.91 Å². The Morgan fingerprint density at radius 1 is 0.962 bits per heavy atom. The van der Waals surface area contributed by atoms with Gasteiger partial charge in [-0.25, -0.2) is 8.42 Å². The van der Waals surface area contributed by atoms with Crippen LogP contribution in [0.25, 0.3) is 0 Å². The average Bonchev–Trinajstić information content (AvgIpc) is 2.62. The van der Waals surface area contributed by atoms with Gasteiger partial charge in [-0.15, -0.1) is 0 Å². The molecule has 1 aliphatic rings. The fourth-order valence-corrected chi connectivity index (χ4v) is 5.01. The van der Waals surface area contributed by atoms with Crippen molar-refractivity contribution in [3.05, 3.63) is 65.7 Å². The molecule has 0 N–H and O–H groups in total. The first kappa shape index (κ1) is 18.6. The summed E-state index contributed by atoms with van der Waals surface area (Å²) in [5.41, 5.74) is 1.30. The van der Waals surface area contributed by atoms with Crippen LogP contribution in [-0.4, -0.2) is 31.3 Å². The largest absolute Gasteiger partial charge is 0.333 e. The van der Waals surface area contributed by atoms with Crippen molar-refractivity contribution in [1.82, 2.24) is 4.90 Å². The van der Waals surface area contributed by atoms with Gasteiger partial charge in [0.2, 0.25) is 0 Å². The first-order valence-corrected chi connectivity index (χ1v) is 10.7. The number of likely N-dealkylation sites (tertiary alicyclic amines) is 1. The molecular weight excluding hydrogens is 346 g/mol. The molecule has 1 saturated heterocycles. The molecular formula is C21H25NO3S. The maximum atomic E-state index is 12.8. The second kappa shape index (κ2) is 7.62. The first-order valence-electron chi connectivity index (χ1n) is 9.08. The third-order valence-electron chi connectivity index (χ3n) is 5.09. The molecule has 0 aliphatic carbocycles. The number of sulfone groups is 1. The standard InChI is InChI=1S/C21H25NO3S/c1-16-7-6-8-17(2)22(16)21(23)19-13-11-18(12-14-19)15-26(24,25)20-9-4-3-5-10-20/h3-5,9-14,16-17H,6-8,15H2,1-2H3/t16-,17+. The zero-order chi connectivity index (χ0) is 18.7. The minimum absolute atomic E-state index is 0.0298. The Balaban J connectivity index is 1.75. The van der Waals surface area contributed by atoms with E-state index in [1.165, 1.54) is 0 Å². The highest BCUT2D eigenvalue weighted by Crippen LogP contribution is 2.25. The number of hydrogen-bond acceptors (Lipinski definition) is 3. The molecule has 1 aliphatic heterocycles. The van der Waals surface area contributed by atoms with E-state index >= 15 is 0 Å². The van der Waals surface area contributed by atoms with Gasteiger partial charge in [0.05, 0.1) is 10.6 Å². The van der Waals surface area contributed by atoms with E-state index in [1.54, 1.807) is 54.6 Å². The van der Waals surface area contributed by atoms with Gasteiger partial charge in [0.15, 0.2) is 9.84 Å². The SMILES string of the molecule is C[C@@H]1CCC[C@H](C)N1C(=O)c1ccc(CS(=O)(=O)c2ccccc2)cc1. The van der Waals surface area contributed by atoms with Crippen molar-refractivity contribution in [3.63, 3.8) is 0 Å². The molecule has 4 nitrogen and oxygen atoms in total. The molecule has 3 rings (SSSR count). The Hall–Kier alpha value is -2.14. The van der Waals surface area contributed by atoms with Gasteiger partial charge in [-0.2, -0.15) is 0 Å². The number of carbonyl (C=O) groups is 1.